The summed E-state index contributed by atoms with van der Waals surface area (Å²) >= 11 is 0. The van der Waals surface area contributed by atoms with Crippen LogP contribution in [0.1, 0.15) is 11.4 Å². The van der Waals surface area contributed by atoms with Crippen molar-refractivity contribution in [2.75, 3.05) is 5.32 Å². The molecule has 2 heterocycles. The van der Waals surface area contributed by atoms with Crippen LogP contribution in [0, 0.1) is 18.6 Å². The third-order valence-corrected chi connectivity index (χ3v) is 2.08. The van der Waals surface area contributed by atoms with E-state index in [1.54, 1.807) is 12.4 Å². The predicted octanol–water partition coefficient (Wildman–Crippen LogP) is 2.07. The van der Waals surface area contributed by atoms with Crippen molar-refractivity contribution in [3.63, 3.8) is 0 Å². The van der Waals surface area contributed by atoms with E-state index in [-0.39, 0.29) is 12.4 Å². The van der Waals surface area contributed by atoms with Crippen molar-refractivity contribution in [1.82, 2.24) is 15.0 Å². The van der Waals surface area contributed by atoms with Crippen molar-refractivity contribution in [2.24, 2.45) is 0 Å². The topological polar surface area (TPSA) is 50.7 Å². The Morgan fingerprint density at radius 3 is 2.59 bits per heavy atom. The van der Waals surface area contributed by atoms with Crippen molar-refractivity contribution in [2.45, 2.75) is 13.5 Å². The lowest BCUT2D eigenvalue weighted by Crippen LogP contribution is -2.06. The lowest BCUT2D eigenvalue weighted by atomic mass is 10.4. The quantitative estimate of drug-likeness (QED) is 0.886. The fourth-order valence-corrected chi connectivity index (χ4v) is 1.23. The van der Waals surface area contributed by atoms with Gasteiger partial charge in [0.05, 0.1) is 30.3 Å². The van der Waals surface area contributed by atoms with Gasteiger partial charge in [0.1, 0.15) is 5.82 Å². The molecule has 6 heteroatoms. The molecule has 0 aromatic carbocycles. The number of pyridine rings is 1. The Balaban J connectivity index is 2.04. The van der Waals surface area contributed by atoms with Crippen molar-refractivity contribution < 1.29 is 8.78 Å². The van der Waals surface area contributed by atoms with Crippen LogP contribution in [0.15, 0.2) is 24.7 Å². The van der Waals surface area contributed by atoms with Crippen LogP contribution < -0.4 is 5.32 Å². The third-order valence-electron chi connectivity index (χ3n) is 2.08. The molecule has 0 amide bonds. The van der Waals surface area contributed by atoms with Crippen LogP contribution in [0.4, 0.5) is 14.6 Å². The second kappa shape index (κ2) is 4.82. The zero-order chi connectivity index (χ0) is 12.3. The molecule has 0 saturated carbocycles. The molecule has 0 aliphatic heterocycles. The van der Waals surface area contributed by atoms with Crippen LogP contribution in [-0.2, 0) is 6.54 Å². The number of halogens is 2. The first-order chi connectivity index (χ1) is 8.15. The van der Waals surface area contributed by atoms with E-state index in [9.17, 15) is 8.78 Å². The minimum atomic E-state index is -0.731. The van der Waals surface area contributed by atoms with Crippen LogP contribution in [0.5, 0.6) is 0 Å². The number of aryl methyl sites for hydroxylation is 1. The molecule has 0 spiro atoms. The minimum Gasteiger partial charge on any atom is -0.362 e. The Morgan fingerprint density at radius 2 is 1.94 bits per heavy atom. The summed E-state index contributed by atoms with van der Waals surface area (Å²) in [5.41, 5.74) is 1.46. The maximum Gasteiger partial charge on any atom is 0.168 e. The van der Waals surface area contributed by atoms with Gasteiger partial charge in [0.15, 0.2) is 11.6 Å². The average Bonchev–Trinajstić information content (AvgIpc) is 2.30. The highest BCUT2D eigenvalue weighted by molar-refractivity contribution is 5.36. The first-order valence-corrected chi connectivity index (χ1v) is 4.97. The summed E-state index contributed by atoms with van der Waals surface area (Å²) in [7, 11) is 0. The molecule has 0 unspecified atom stereocenters. The van der Waals surface area contributed by atoms with Gasteiger partial charge in [0.2, 0.25) is 0 Å². The molecule has 2 aromatic heterocycles. The maximum atomic E-state index is 13.2. The standard InChI is InChI=1S/C11H10F2N4/c1-7-3-15-9(5-14-7)6-17-11-10(13)2-8(12)4-16-11/h2-5H,6H2,1H3,(H,16,17). The van der Waals surface area contributed by atoms with Gasteiger partial charge in [0, 0.05) is 12.3 Å². The summed E-state index contributed by atoms with van der Waals surface area (Å²) in [6, 6.07) is 0.774. The second-order valence-electron chi connectivity index (χ2n) is 3.49. The van der Waals surface area contributed by atoms with Crippen LogP contribution in [0.25, 0.3) is 0 Å². The van der Waals surface area contributed by atoms with Crippen LogP contribution in [0.2, 0.25) is 0 Å². The molecule has 0 fully saturated rings. The fraction of sp³-hybridized carbons (Fsp3) is 0.182. The first kappa shape index (κ1) is 11.4. The summed E-state index contributed by atoms with van der Waals surface area (Å²) in [6.07, 6.45) is 4.15. The van der Waals surface area contributed by atoms with E-state index in [4.69, 9.17) is 0 Å². The third kappa shape index (κ3) is 2.93. The summed E-state index contributed by atoms with van der Waals surface area (Å²) < 4.78 is 25.8. The number of hydrogen-bond acceptors (Lipinski definition) is 4. The van der Waals surface area contributed by atoms with Crippen molar-refractivity contribution in [1.29, 1.82) is 0 Å². The van der Waals surface area contributed by atoms with E-state index < -0.39 is 11.6 Å². The van der Waals surface area contributed by atoms with Gasteiger partial charge in [0.25, 0.3) is 0 Å². The Labute approximate surface area is 96.8 Å². The van der Waals surface area contributed by atoms with Crippen LogP contribution >= 0.6 is 0 Å². The lowest BCUT2D eigenvalue weighted by Gasteiger charge is -2.05. The van der Waals surface area contributed by atoms with Gasteiger partial charge in [-0.1, -0.05) is 0 Å². The predicted molar refractivity (Wildman–Crippen MR) is 58.2 cm³/mol. The molecule has 0 atom stereocenters. The number of hydrogen-bond donors (Lipinski definition) is 1. The van der Waals surface area contributed by atoms with Gasteiger partial charge < -0.3 is 5.32 Å². The molecule has 0 aliphatic rings. The first-order valence-electron chi connectivity index (χ1n) is 4.97. The molecule has 1 N–H and O–H groups in total. The highest BCUT2D eigenvalue weighted by Gasteiger charge is 2.05. The summed E-state index contributed by atoms with van der Waals surface area (Å²) in [4.78, 5) is 11.7. The van der Waals surface area contributed by atoms with E-state index in [0.29, 0.717) is 5.69 Å². The van der Waals surface area contributed by atoms with Crippen molar-refractivity contribution in [3.8, 4) is 0 Å². The summed E-state index contributed by atoms with van der Waals surface area (Å²) in [5.74, 6) is -1.44. The van der Waals surface area contributed by atoms with Gasteiger partial charge in [-0.25, -0.2) is 13.8 Å². The van der Waals surface area contributed by atoms with E-state index >= 15 is 0 Å². The van der Waals surface area contributed by atoms with Crippen molar-refractivity contribution in [3.05, 3.63) is 47.7 Å². The van der Waals surface area contributed by atoms with Gasteiger partial charge in [-0.15, -0.1) is 0 Å². The zero-order valence-electron chi connectivity index (χ0n) is 9.11. The molecule has 17 heavy (non-hydrogen) atoms. The Hall–Kier alpha value is -2.11. The van der Waals surface area contributed by atoms with E-state index in [2.05, 4.69) is 20.3 Å². The summed E-state index contributed by atoms with van der Waals surface area (Å²) in [6.45, 7) is 2.11. The average molecular weight is 236 g/mol. The smallest absolute Gasteiger partial charge is 0.168 e. The molecule has 0 bridgehead atoms. The van der Waals surface area contributed by atoms with Gasteiger partial charge in [-0.05, 0) is 6.92 Å². The number of rotatable bonds is 3. The van der Waals surface area contributed by atoms with E-state index in [0.717, 1.165) is 18.0 Å². The second-order valence-corrected chi connectivity index (χ2v) is 3.49. The van der Waals surface area contributed by atoms with Gasteiger partial charge in [-0.3, -0.25) is 9.97 Å². The van der Waals surface area contributed by atoms with E-state index in [1.807, 2.05) is 6.92 Å². The molecule has 2 aromatic rings. The zero-order valence-corrected chi connectivity index (χ0v) is 9.11. The molecule has 4 nitrogen and oxygen atoms in total. The van der Waals surface area contributed by atoms with Gasteiger partial charge in [-0.2, -0.15) is 0 Å². The molecular formula is C11H10F2N4. The van der Waals surface area contributed by atoms with E-state index in [1.165, 1.54) is 0 Å². The number of nitrogens with zero attached hydrogens (tertiary/aromatic N) is 3. The van der Waals surface area contributed by atoms with Crippen LogP contribution in [-0.4, -0.2) is 15.0 Å². The fourth-order valence-electron chi connectivity index (χ4n) is 1.23. The Morgan fingerprint density at radius 1 is 1.12 bits per heavy atom. The SMILES string of the molecule is Cc1cnc(CNc2ncc(F)cc2F)cn1. The highest BCUT2D eigenvalue weighted by atomic mass is 19.1. The normalized spacial score (nSPS) is 10.3. The number of nitrogens with one attached hydrogen (secondary N) is 1. The summed E-state index contributed by atoms with van der Waals surface area (Å²) in [5, 5.41) is 2.72. The Bertz CT molecular complexity index is 513. The lowest BCUT2D eigenvalue weighted by molar-refractivity contribution is 0.575. The monoisotopic (exact) mass is 236 g/mol. The minimum absolute atomic E-state index is 0.00576. The number of anilines is 1. The van der Waals surface area contributed by atoms with Crippen LogP contribution in [0.3, 0.4) is 0 Å². The molecule has 0 aliphatic carbocycles. The number of aromatic nitrogens is 3. The van der Waals surface area contributed by atoms with Gasteiger partial charge >= 0.3 is 0 Å². The molecule has 0 radical (unpaired) electrons. The molecular weight excluding hydrogens is 226 g/mol. The largest absolute Gasteiger partial charge is 0.362 e. The molecule has 88 valence electrons. The molecule has 2 rings (SSSR count). The highest BCUT2D eigenvalue weighted by Crippen LogP contribution is 2.11. The molecule has 0 saturated heterocycles. The Kier molecular flexibility index (Phi) is 3.22. The van der Waals surface area contributed by atoms with Crippen molar-refractivity contribution >= 4 is 5.82 Å². The maximum absolute atomic E-state index is 13.2.